The third-order valence-electron chi connectivity index (χ3n) is 1.57. The van der Waals surface area contributed by atoms with E-state index in [0.717, 1.165) is 19.6 Å². The van der Waals surface area contributed by atoms with Crippen LogP contribution in [0, 0.1) is 0 Å². The van der Waals surface area contributed by atoms with Crippen molar-refractivity contribution >= 4 is 0 Å². The Morgan fingerprint density at radius 2 is 2.67 bits per heavy atom. The van der Waals surface area contributed by atoms with Gasteiger partial charge in [0.25, 0.3) is 0 Å². The molecule has 0 spiro atoms. The predicted molar refractivity (Wildman–Crippen MR) is 34.2 cm³/mol. The van der Waals surface area contributed by atoms with Crippen molar-refractivity contribution in [3.05, 3.63) is 23.5 Å². The highest BCUT2D eigenvalue weighted by molar-refractivity contribution is 5.07. The van der Waals surface area contributed by atoms with Crippen LogP contribution in [0.15, 0.2) is 12.5 Å². The van der Waals surface area contributed by atoms with E-state index in [1.165, 1.54) is 5.69 Å². The number of fused-ring (bicyclic) bond motifs is 1. The van der Waals surface area contributed by atoms with Crippen LogP contribution in [0.4, 0.5) is 0 Å². The molecule has 9 heavy (non-hydrogen) atoms. The van der Waals surface area contributed by atoms with E-state index in [-0.39, 0.29) is 0 Å². The largest absolute Gasteiger partial charge is 0.656 e. The fraction of sp³-hybridized carbons (Fsp3) is 0.500. The molecule has 1 aromatic rings. The Morgan fingerprint density at radius 1 is 1.67 bits per heavy atom. The number of aromatic nitrogens is 2. The Labute approximate surface area is 53.7 Å². The molecule has 2 rings (SSSR count). The summed E-state index contributed by atoms with van der Waals surface area (Å²) in [6, 6.07) is 0. The van der Waals surface area contributed by atoms with Crippen LogP contribution in [0.5, 0.6) is 0 Å². The van der Waals surface area contributed by atoms with Crippen LogP contribution >= 0.6 is 0 Å². The Balaban J connectivity index is 2.39. The first-order chi connectivity index (χ1) is 4.47. The van der Waals surface area contributed by atoms with E-state index in [2.05, 4.69) is 14.9 Å². The van der Waals surface area contributed by atoms with E-state index in [1.807, 2.05) is 12.5 Å². The summed E-state index contributed by atoms with van der Waals surface area (Å²) in [6.45, 7) is 2.80. The van der Waals surface area contributed by atoms with Crippen LogP contribution in [-0.2, 0) is 13.1 Å². The van der Waals surface area contributed by atoms with Gasteiger partial charge in [-0.3, -0.25) is 0 Å². The van der Waals surface area contributed by atoms with Crippen molar-refractivity contribution in [3.63, 3.8) is 0 Å². The molecule has 48 valence electrons. The molecule has 1 aliphatic heterocycles. The number of hydrogen-bond acceptors (Lipinski definition) is 1. The predicted octanol–water partition coefficient (Wildman–Crippen LogP) is 0.770. The molecule has 0 saturated heterocycles. The highest BCUT2D eigenvalue weighted by atomic mass is 15.1. The standard InChI is InChI=1S/C6H8N3/c1-2-9-5-8-4-6(9)3-7-1/h4-5H,1-3H2/q-1. The second-order valence-electron chi connectivity index (χ2n) is 2.18. The molecule has 0 amide bonds. The number of hydrogen-bond donors (Lipinski definition) is 0. The third-order valence-corrected chi connectivity index (χ3v) is 1.57. The summed E-state index contributed by atoms with van der Waals surface area (Å²) < 4.78 is 2.15. The van der Waals surface area contributed by atoms with Gasteiger partial charge in [-0.1, -0.05) is 0 Å². The first kappa shape index (κ1) is 4.99. The van der Waals surface area contributed by atoms with Crippen molar-refractivity contribution in [2.45, 2.75) is 13.1 Å². The van der Waals surface area contributed by atoms with Gasteiger partial charge in [-0.15, -0.1) is 13.1 Å². The first-order valence-corrected chi connectivity index (χ1v) is 3.09. The van der Waals surface area contributed by atoms with Gasteiger partial charge < -0.3 is 9.88 Å². The summed E-state index contributed by atoms with van der Waals surface area (Å²) in [5.41, 5.74) is 1.24. The van der Waals surface area contributed by atoms with Crippen LogP contribution in [0.25, 0.3) is 5.32 Å². The zero-order chi connectivity index (χ0) is 6.10. The topological polar surface area (TPSA) is 31.9 Å². The summed E-state index contributed by atoms with van der Waals surface area (Å²) >= 11 is 0. The Bertz CT molecular complexity index is 183. The average molecular weight is 122 g/mol. The molecule has 0 aromatic carbocycles. The molecule has 0 N–H and O–H groups in total. The second-order valence-corrected chi connectivity index (χ2v) is 2.18. The molecule has 1 aliphatic rings. The van der Waals surface area contributed by atoms with E-state index in [0.29, 0.717) is 0 Å². The van der Waals surface area contributed by atoms with E-state index >= 15 is 0 Å². The molecule has 0 bridgehead atoms. The van der Waals surface area contributed by atoms with E-state index in [4.69, 9.17) is 0 Å². The maximum absolute atomic E-state index is 4.23. The second kappa shape index (κ2) is 1.84. The van der Waals surface area contributed by atoms with Crippen LogP contribution in [0.3, 0.4) is 0 Å². The van der Waals surface area contributed by atoms with Gasteiger partial charge in [-0.25, -0.2) is 4.98 Å². The van der Waals surface area contributed by atoms with Gasteiger partial charge in [-0.2, -0.15) is 0 Å². The maximum atomic E-state index is 4.23. The molecule has 0 saturated carbocycles. The monoisotopic (exact) mass is 122 g/mol. The average Bonchev–Trinajstić information content (AvgIpc) is 2.33. The van der Waals surface area contributed by atoms with Crippen molar-refractivity contribution in [2.75, 3.05) is 6.54 Å². The summed E-state index contributed by atoms with van der Waals surface area (Å²) in [6.07, 6.45) is 3.74. The molecule has 0 radical (unpaired) electrons. The molecule has 0 atom stereocenters. The molecule has 2 heterocycles. The summed E-state index contributed by atoms with van der Waals surface area (Å²) in [7, 11) is 0. The van der Waals surface area contributed by atoms with Gasteiger partial charge in [0.15, 0.2) is 0 Å². The highest BCUT2D eigenvalue weighted by Gasteiger charge is 1.97. The van der Waals surface area contributed by atoms with E-state index in [9.17, 15) is 0 Å². The summed E-state index contributed by atoms with van der Waals surface area (Å²) in [5, 5.41) is 4.23. The molecule has 3 heteroatoms. The molecular formula is C6H8N3-. The lowest BCUT2D eigenvalue weighted by molar-refractivity contribution is 0.652. The van der Waals surface area contributed by atoms with Crippen molar-refractivity contribution in [3.8, 4) is 0 Å². The Morgan fingerprint density at radius 3 is 3.56 bits per heavy atom. The third kappa shape index (κ3) is 0.733. The lowest BCUT2D eigenvalue weighted by atomic mass is 10.4. The number of nitrogens with zero attached hydrogens (tertiary/aromatic N) is 3. The van der Waals surface area contributed by atoms with Gasteiger partial charge in [0.2, 0.25) is 0 Å². The zero-order valence-corrected chi connectivity index (χ0v) is 5.12. The maximum Gasteiger partial charge on any atom is 0.0946 e. The molecule has 0 unspecified atom stereocenters. The SMILES string of the molecule is c1ncn2c1C[N-]CC2. The van der Waals surface area contributed by atoms with Gasteiger partial charge in [-0.05, 0) is 0 Å². The molecule has 0 fully saturated rings. The van der Waals surface area contributed by atoms with Crippen LogP contribution < -0.4 is 0 Å². The zero-order valence-electron chi connectivity index (χ0n) is 5.12. The lowest BCUT2D eigenvalue weighted by Crippen LogP contribution is -2.10. The van der Waals surface area contributed by atoms with Crippen molar-refractivity contribution < 1.29 is 0 Å². The van der Waals surface area contributed by atoms with Crippen molar-refractivity contribution in [1.29, 1.82) is 0 Å². The van der Waals surface area contributed by atoms with E-state index < -0.39 is 0 Å². The van der Waals surface area contributed by atoms with Gasteiger partial charge in [0.1, 0.15) is 0 Å². The summed E-state index contributed by atoms with van der Waals surface area (Å²) in [5.74, 6) is 0. The fourth-order valence-corrected chi connectivity index (χ4v) is 1.05. The van der Waals surface area contributed by atoms with Crippen molar-refractivity contribution in [2.24, 2.45) is 0 Å². The number of imidazole rings is 1. The van der Waals surface area contributed by atoms with Crippen molar-refractivity contribution in [1.82, 2.24) is 9.55 Å². The number of rotatable bonds is 0. The molecule has 1 aromatic heterocycles. The first-order valence-electron chi connectivity index (χ1n) is 3.09. The quantitative estimate of drug-likeness (QED) is 0.500. The minimum absolute atomic E-state index is 0.847. The molecular weight excluding hydrogens is 114 g/mol. The van der Waals surface area contributed by atoms with Gasteiger partial charge >= 0.3 is 0 Å². The van der Waals surface area contributed by atoms with Gasteiger partial charge in [0.05, 0.1) is 6.33 Å². The molecule has 3 nitrogen and oxygen atoms in total. The highest BCUT2D eigenvalue weighted by Crippen LogP contribution is 2.10. The van der Waals surface area contributed by atoms with Gasteiger partial charge in [0, 0.05) is 18.4 Å². The Hall–Kier alpha value is -0.830. The minimum Gasteiger partial charge on any atom is -0.656 e. The smallest absolute Gasteiger partial charge is 0.0946 e. The van der Waals surface area contributed by atoms with Crippen LogP contribution in [0.1, 0.15) is 5.69 Å². The summed E-state index contributed by atoms with van der Waals surface area (Å²) in [4.78, 5) is 4.01. The lowest BCUT2D eigenvalue weighted by Gasteiger charge is -2.26. The van der Waals surface area contributed by atoms with E-state index in [1.54, 1.807) is 0 Å². The van der Waals surface area contributed by atoms with Crippen LogP contribution in [0.2, 0.25) is 0 Å². The minimum atomic E-state index is 0.847. The van der Waals surface area contributed by atoms with Crippen LogP contribution in [-0.4, -0.2) is 16.1 Å². The molecule has 0 aliphatic carbocycles. The normalized spacial score (nSPS) is 17.3. The Kier molecular flexibility index (Phi) is 1.02. The fourth-order valence-electron chi connectivity index (χ4n) is 1.05.